The highest BCUT2D eigenvalue weighted by Crippen LogP contribution is 2.33. The highest BCUT2D eigenvalue weighted by molar-refractivity contribution is 5.98. The maximum Gasteiger partial charge on any atom is 0.321 e. The van der Waals surface area contributed by atoms with E-state index in [2.05, 4.69) is 53.7 Å². The molecule has 2 amide bonds. The minimum Gasteiger partial charge on any atom is -0.338 e. The van der Waals surface area contributed by atoms with Gasteiger partial charge in [-0.05, 0) is 75.0 Å². The van der Waals surface area contributed by atoms with Crippen molar-refractivity contribution in [2.45, 2.75) is 20.4 Å². The van der Waals surface area contributed by atoms with Gasteiger partial charge in [-0.15, -0.1) is 0 Å². The number of hydrogen-bond donors (Lipinski definition) is 3. The SMILES string of the molecule is CCNC(=O)Nc1nc2c(-c3cc(CN(C)C)ccn3)cc(-c3cncc(C)c3)cc2[nH]1. The number of pyridine rings is 2. The number of hydrogen-bond acceptors (Lipinski definition) is 5. The van der Waals surface area contributed by atoms with Gasteiger partial charge in [-0.1, -0.05) is 0 Å². The lowest BCUT2D eigenvalue weighted by Gasteiger charge is -2.11. The fraction of sp³-hybridized carbons (Fsp3) is 0.250. The summed E-state index contributed by atoms with van der Waals surface area (Å²) >= 11 is 0. The Balaban J connectivity index is 1.86. The summed E-state index contributed by atoms with van der Waals surface area (Å²) in [6.45, 7) is 5.23. The Bertz CT molecular complexity index is 1260. The quantitative estimate of drug-likeness (QED) is 0.427. The average Bonchev–Trinajstić information content (AvgIpc) is 3.15. The maximum absolute atomic E-state index is 12.0. The Morgan fingerprint density at radius 2 is 1.97 bits per heavy atom. The first kappa shape index (κ1) is 21.5. The zero-order valence-electron chi connectivity index (χ0n) is 18.7. The summed E-state index contributed by atoms with van der Waals surface area (Å²) in [4.78, 5) is 31.0. The second-order valence-electron chi connectivity index (χ2n) is 8.03. The third-order valence-corrected chi connectivity index (χ3v) is 4.96. The van der Waals surface area contributed by atoms with Gasteiger partial charge in [0.2, 0.25) is 5.95 Å². The molecule has 0 bridgehead atoms. The molecule has 164 valence electrons. The molecule has 0 aliphatic carbocycles. The number of urea groups is 1. The lowest BCUT2D eigenvalue weighted by Crippen LogP contribution is -2.28. The molecule has 0 fully saturated rings. The Hall–Kier alpha value is -3.78. The zero-order chi connectivity index (χ0) is 22.7. The molecular weight excluding hydrogens is 402 g/mol. The first-order valence-electron chi connectivity index (χ1n) is 10.5. The van der Waals surface area contributed by atoms with Gasteiger partial charge in [-0.2, -0.15) is 0 Å². The standard InChI is InChI=1S/C24H27N7O/c1-5-26-24(32)30-23-28-21-11-17(18-8-15(2)12-25-13-18)10-19(22(21)29-23)20-9-16(6-7-27-20)14-31(3)4/h6-13H,5,14H2,1-4H3,(H3,26,28,29,30,32). The molecule has 4 rings (SSSR count). The fourth-order valence-corrected chi connectivity index (χ4v) is 3.65. The summed E-state index contributed by atoms with van der Waals surface area (Å²) < 4.78 is 0. The van der Waals surface area contributed by atoms with E-state index in [1.54, 1.807) is 0 Å². The van der Waals surface area contributed by atoms with Crippen LogP contribution in [0.2, 0.25) is 0 Å². The molecule has 0 atom stereocenters. The maximum atomic E-state index is 12.0. The van der Waals surface area contributed by atoms with E-state index in [0.717, 1.165) is 51.1 Å². The molecule has 0 radical (unpaired) electrons. The van der Waals surface area contributed by atoms with Gasteiger partial charge in [0.05, 0.1) is 16.7 Å². The number of imidazole rings is 1. The summed E-state index contributed by atoms with van der Waals surface area (Å²) in [5.41, 5.74) is 7.52. The van der Waals surface area contributed by atoms with Gasteiger partial charge < -0.3 is 15.2 Å². The topological polar surface area (TPSA) is 98.8 Å². The third kappa shape index (κ3) is 4.76. The normalized spacial score (nSPS) is 11.2. The van der Waals surface area contributed by atoms with Crippen LogP contribution < -0.4 is 10.6 Å². The molecule has 4 aromatic rings. The molecule has 8 heteroatoms. The number of fused-ring (bicyclic) bond motifs is 1. The second kappa shape index (κ2) is 9.15. The number of anilines is 1. The minimum absolute atomic E-state index is 0.303. The molecule has 0 aliphatic rings. The lowest BCUT2D eigenvalue weighted by atomic mass is 9.99. The first-order valence-corrected chi connectivity index (χ1v) is 10.5. The number of nitrogens with zero attached hydrogens (tertiary/aromatic N) is 4. The van der Waals surface area contributed by atoms with Crippen LogP contribution in [-0.4, -0.2) is 51.5 Å². The highest BCUT2D eigenvalue weighted by Gasteiger charge is 2.15. The first-order chi connectivity index (χ1) is 15.4. The number of rotatable bonds is 6. The van der Waals surface area contributed by atoms with Crippen molar-refractivity contribution >= 4 is 23.0 Å². The van der Waals surface area contributed by atoms with Crippen LogP contribution in [0.5, 0.6) is 0 Å². The van der Waals surface area contributed by atoms with Gasteiger partial charge in [-0.3, -0.25) is 15.3 Å². The van der Waals surface area contributed by atoms with E-state index in [1.165, 1.54) is 0 Å². The van der Waals surface area contributed by atoms with Crippen LogP contribution in [0.3, 0.4) is 0 Å². The van der Waals surface area contributed by atoms with Crippen LogP contribution in [0.1, 0.15) is 18.1 Å². The Kier molecular flexibility index (Phi) is 6.13. The van der Waals surface area contributed by atoms with Crippen molar-refractivity contribution in [1.82, 2.24) is 30.2 Å². The van der Waals surface area contributed by atoms with E-state index in [4.69, 9.17) is 0 Å². The number of amides is 2. The van der Waals surface area contributed by atoms with Crippen molar-refractivity contribution in [3.63, 3.8) is 0 Å². The molecule has 0 unspecified atom stereocenters. The van der Waals surface area contributed by atoms with E-state index in [1.807, 2.05) is 58.7 Å². The fourth-order valence-electron chi connectivity index (χ4n) is 3.65. The van der Waals surface area contributed by atoms with Crippen molar-refractivity contribution in [2.24, 2.45) is 0 Å². The summed E-state index contributed by atoms with van der Waals surface area (Å²) in [7, 11) is 4.08. The van der Waals surface area contributed by atoms with Crippen molar-refractivity contribution in [2.75, 3.05) is 26.0 Å². The van der Waals surface area contributed by atoms with Gasteiger partial charge >= 0.3 is 6.03 Å². The zero-order valence-corrected chi connectivity index (χ0v) is 18.7. The number of carbonyl (C=O) groups excluding carboxylic acids is 1. The molecule has 32 heavy (non-hydrogen) atoms. The Morgan fingerprint density at radius 1 is 1.12 bits per heavy atom. The molecule has 1 aromatic carbocycles. The molecule has 0 saturated carbocycles. The Morgan fingerprint density at radius 3 is 2.72 bits per heavy atom. The van der Waals surface area contributed by atoms with Crippen molar-refractivity contribution in [3.05, 3.63) is 60.0 Å². The van der Waals surface area contributed by atoms with E-state index in [-0.39, 0.29) is 6.03 Å². The number of aryl methyl sites for hydroxylation is 1. The van der Waals surface area contributed by atoms with Crippen LogP contribution in [0.4, 0.5) is 10.7 Å². The van der Waals surface area contributed by atoms with Gasteiger partial charge in [0.1, 0.15) is 0 Å². The number of carbonyl (C=O) groups is 1. The lowest BCUT2D eigenvalue weighted by molar-refractivity contribution is 0.252. The van der Waals surface area contributed by atoms with E-state index < -0.39 is 0 Å². The molecular formula is C24H27N7O. The predicted octanol–water partition coefficient (Wildman–Crippen LogP) is 4.20. The second-order valence-corrected chi connectivity index (χ2v) is 8.03. The molecule has 3 heterocycles. The molecule has 8 nitrogen and oxygen atoms in total. The highest BCUT2D eigenvalue weighted by atomic mass is 16.2. The molecule has 0 saturated heterocycles. The Labute approximate surface area is 187 Å². The number of H-pyrrole nitrogens is 1. The molecule has 3 aromatic heterocycles. The summed E-state index contributed by atoms with van der Waals surface area (Å²) in [5.74, 6) is 0.385. The largest absolute Gasteiger partial charge is 0.338 e. The van der Waals surface area contributed by atoms with Crippen molar-refractivity contribution in [3.8, 4) is 22.4 Å². The van der Waals surface area contributed by atoms with Crippen LogP contribution in [0.15, 0.2) is 48.9 Å². The number of nitrogens with one attached hydrogen (secondary N) is 3. The van der Waals surface area contributed by atoms with Crippen molar-refractivity contribution < 1.29 is 4.79 Å². The predicted molar refractivity (Wildman–Crippen MR) is 127 cm³/mol. The third-order valence-electron chi connectivity index (χ3n) is 4.96. The van der Waals surface area contributed by atoms with Crippen LogP contribution >= 0.6 is 0 Å². The number of benzene rings is 1. The molecule has 0 aliphatic heterocycles. The van der Waals surface area contributed by atoms with Crippen LogP contribution in [0.25, 0.3) is 33.4 Å². The van der Waals surface area contributed by atoms with Gasteiger partial charge in [0.15, 0.2) is 0 Å². The van der Waals surface area contributed by atoms with Gasteiger partial charge in [-0.25, -0.2) is 9.78 Å². The van der Waals surface area contributed by atoms with E-state index >= 15 is 0 Å². The summed E-state index contributed by atoms with van der Waals surface area (Å²) in [6.07, 6.45) is 5.50. The summed E-state index contributed by atoms with van der Waals surface area (Å²) in [6, 6.07) is 9.99. The minimum atomic E-state index is -0.303. The number of aromatic nitrogens is 4. The molecule has 3 N–H and O–H groups in total. The van der Waals surface area contributed by atoms with Crippen LogP contribution in [0, 0.1) is 6.92 Å². The van der Waals surface area contributed by atoms with Gasteiger partial charge in [0.25, 0.3) is 0 Å². The molecule has 0 spiro atoms. The van der Waals surface area contributed by atoms with Crippen molar-refractivity contribution in [1.29, 1.82) is 0 Å². The smallest absolute Gasteiger partial charge is 0.321 e. The number of aromatic amines is 1. The van der Waals surface area contributed by atoms with E-state index in [9.17, 15) is 4.79 Å². The van der Waals surface area contributed by atoms with Gasteiger partial charge in [0, 0.05) is 42.8 Å². The van der Waals surface area contributed by atoms with E-state index in [0.29, 0.717) is 12.5 Å². The van der Waals surface area contributed by atoms with Crippen LogP contribution in [-0.2, 0) is 6.54 Å². The average molecular weight is 430 g/mol. The summed E-state index contributed by atoms with van der Waals surface area (Å²) in [5, 5.41) is 5.48. The monoisotopic (exact) mass is 429 g/mol.